The summed E-state index contributed by atoms with van der Waals surface area (Å²) in [7, 11) is 1.76. The second kappa shape index (κ2) is 4.96. The molecule has 0 atom stereocenters. The molecule has 0 unspecified atom stereocenters. The van der Waals surface area contributed by atoms with Crippen LogP contribution in [0.15, 0.2) is 18.2 Å². The minimum absolute atomic E-state index is 0.0421. The van der Waals surface area contributed by atoms with Crippen molar-refractivity contribution in [2.24, 2.45) is 5.41 Å². The van der Waals surface area contributed by atoms with E-state index in [-0.39, 0.29) is 11.3 Å². The van der Waals surface area contributed by atoms with Crippen LogP contribution in [-0.2, 0) is 0 Å². The van der Waals surface area contributed by atoms with Gasteiger partial charge in [0.1, 0.15) is 0 Å². The summed E-state index contributed by atoms with van der Waals surface area (Å²) in [5.74, 6) is -0.136. The number of carbonyl (C=O) groups is 1. The van der Waals surface area contributed by atoms with Crippen LogP contribution in [0.4, 0.5) is 5.69 Å². The van der Waals surface area contributed by atoms with Gasteiger partial charge in [0.05, 0.1) is 10.6 Å². The molecule has 2 N–H and O–H groups in total. The van der Waals surface area contributed by atoms with E-state index in [0.29, 0.717) is 22.8 Å². The molecule has 4 heteroatoms. The van der Waals surface area contributed by atoms with E-state index in [9.17, 15) is 4.79 Å². The maximum atomic E-state index is 12.2. The van der Waals surface area contributed by atoms with Crippen molar-refractivity contribution in [2.75, 3.05) is 19.3 Å². The lowest BCUT2D eigenvalue weighted by Gasteiger charge is -2.27. The number of anilines is 1. The second-order valence-corrected chi connectivity index (χ2v) is 5.83. The number of hydrogen-bond donors (Lipinski definition) is 1. The van der Waals surface area contributed by atoms with Gasteiger partial charge in [0, 0.05) is 19.3 Å². The zero-order chi connectivity index (χ0) is 13.2. The number of nitrogens with zero attached hydrogens (tertiary/aromatic N) is 1. The number of hydrogen-bond acceptors (Lipinski definition) is 2. The minimum atomic E-state index is -0.136. The standard InChI is InChI=1S/C13H19ClN2O/c1-13(2,3)8-16(4)12(17)11-9(14)6-5-7-10(11)15/h5-7H,8,15H2,1-4H3. The lowest BCUT2D eigenvalue weighted by molar-refractivity contribution is 0.0747. The van der Waals surface area contributed by atoms with Crippen molar-refractivity contribution in [1.29, 1.82) is 0 Å². The quantitative estimate of drug-likeness (QED) is 0.825. The molecule has 0 saturated heterocycles. The zero-order valence-corrected chi connectivity index (χ0v) is 11.5. The van der Waals surface area contributed by atoms with Crippen LogP contribution in [0, 0.1) is 5.41 Å². The molecule has 0 aliphatic carbocycles. The molecular formula is C13H19ClN2O. The van der Waals surface area contributed by atoms with Crippen molar-refractivity contribution in [3.05, 3.63) is 28.8 Å². The number of halogens is 1. The van der Waals surface area contributed by atoms with Crippen LogP contribution in [0.25, 0.3) is 0 Å². The molecule has 0 bridgehead atoms. The van der Waals surface area contributed by atoms with E-state index >= 15 is 0 Å². The Balaban J connectivity index is 2.97. The Morgan fingerprint density at radius 3 is 2.47 bits per heavy atom. The third-order valence-electron chi connectivity index (χ3n) is 2.32. The Morgan fingerprint density at radius 1 is 1.41 bits per heavy atom. The summed E-state index contributed by atoms with van der Waals surface area (Å²) >= 11 is 6.01. The summed E-state index contributed by atoms with van der Waals surface area (Å²) in [6.07, 6.45) is 0. The number of nitrogens with two attached hydrogens (primary N) is 1. The van der Waals surface area contributed by atoms with Gasteiger partial charge in [0.25, 0.3) is 5.91 Å². The molecule has 17 heavy (non-hydrogen) atoms. The molecule has 1 aromatic carbocycles. The average Bonchev–Trinajstić information content (AvgIpc) is 2.14. The fourth-order valence-corrected chi connectivity index (χ4v) is 2.00. The van der Waals surface area contributed by atoms with Gasteiger partial charge in [-0.3, -0.25) is 4.79 Å². The zero-order valence-electron chi connectivity index (χ0n) is 10.7. The molecule has 1 amide bonds. The van der Waals surface area contributed by atoms with Crippen molar-refractivity contribution in [3.63, 3.8) is 0 Å². The van der Waals surface area contributed by atoms with Gasteiger partial charge >= 0.3 is 0 Å². The highest BCUT2D eigenvalue weighted by molar-refractivity contribution is 6.34. The molecule has 0 aliphatic heterocycles. The summed E-state index contributed by atoms with van der Waals surface area (Å²) in [5, 5.41) is 0.399. The van der Waals surface area contributed by atoms with Gasteiger partial charge in [-0.05, 0) is 17.5 Å². The average molecular weight is 255 g/mol. The Labute approximate surface area is 108 Å². The Kier molecular flexibility index (Phi) is 4.04. The van der Waals surface area contributed by atoms with E-state index in [2.05, 4.69) is 20.8 Å². The first-order valence-corrected chi connectivity index (χ1v) is 5.89. The van der Waals surface area contributed by atoms with Gasteiger partial charge in [-0.1, -0.05) is 38.4 Å². The van der Waals surface area contributed by atoms with Crippen LogP contribution >= 0.6 is 11.6 Å². The molecule has 0 radical (unpaired) electrons. The van der Waals surface area contributed by atoms with Gasteiger partial charge in [-0.25, -0.2) is 0 Å². The number of amides is 1. The van der Waals surface area contributed by atoms with E-state index in [0.717, 1.165) is 0 Å². The lowest BCUT2D eigenvalue weighted by Crippen LogP contribution is -2.35. The first kappa shape index (κ1) is 13.8. The van der Waals surface area contributed by atoms with Gasteiger partial charge in [0.15, 0.2) is 0 Å². The third-order valence-corrected chi connectivity index (χ3v) is 2.63. The van der Waals surface area contributed by atoms with Crippen molar-refractivity contribution in [3.8, 4) is 0 Å². The number of benzene rings is 1. The Hall–Kier alpha value is -1.22. The van der Waals surface area contributed by atoms with E-state index in [1.807, 2.05) is 0 Å². The predicted octanol–water partition coefficient (Wildman–Crippen LogP) is 3.04. The van der Waals surface area contributed by atoms with Gasteiger partial charge in [-0.15, -0.1) is 0 Å². The smallest absolute Gasteiger partial charge is 0.257 e. The summed E-state index contributed by atoms with van der Waals surface area (Å²) < 4.78 is 0. The molecular weight excluding hydrogens is 236 g/mol. The third kappa shape index (κ3) is 3.63. The minimum Gasteiger partial charge on any atom is -0.398 e. The monoisotopic (exact) mass is 254 g/mol. The van der Waals surface area contributed by atoms with Gasteiger partial charge in [-0.2, -0.15) is 0 Å². The van der Waals surface area contributed by atoms with Crippen LogP contribution in [0.3, 0.4) is 0 Å². The molecule has 1 rings (SSSR count). The van der Waals surface area contributed by atoms with Crippen molar-refractivity contribution in [2.45, 2.75) is 20.8 Å². The van der Waals surface area contributed by atoms with Gasteiger partial charge in [0.2, 0.25) is 0 Å². The summed E-state index contributed by atoms with van der Waals surface area (Å²) in [6, 6.07) is 5.10. The Morgan fingerprint density at radius 2 is 2.00 bits per heavy atom. The topological polar surface area (TPSA) is 46.3 Å². The fourth-order valence-electron chi connectivity index (χ4n) is 1.74. The first-order valence-electron chi connectivity index (χ1n) is 5.52. The molecule has 0 fully saturated rings. The molecule has 0 aliphatic rings. The molecule has 0 heterocycles. The predicted molar refractivity (Wildman–Crippen MR) is 72.3 cm³/mol. The highest BCUT2D eigenvalue weighted by Gasteiger charge is 2.22. The highest BCUT2D eigenvalue weighted by atomic mass is 35.5. The normalized spacial score (nSPS) is 11.4. The molecule has 94 valence electrons. The number of nitrogen functional groups attached to an aromatic ring is 1. The molecule has 3 nitrogen and oxygen atoms in total. The van der Waals surface area contributed by atoms with E-state index in [1.165, 1.54) is 0 Å². The van der Waals surface area contributed by atoms with Crippen LogP contribution in [-0.4, -0.2) is 24.4 Å². The lowest BCUT2D eigenvalue weighted by atomic mass is 9.96. The summed E-state index contributed by atoms with van der Waals surface area (Å²) in [4.78, 5) is 13.9. The number of carbonyl (C=O) groups excluding carboxylic acids is 1. The molecule has 0 saturated carbocycles. The molecule has 0 aromatic heterocycles. The summed E-state index contributed by atoms with van der Waals surface area (Å²) in [6.45, 7) is 6.88. The first-order chi connectivity index (χ1) is 7.72. The highest BCUT2D eigenvalue weighted by Crippen LogP contribution is 2.24. The van der Waals surface area contributed by atoms with E-state index in [4.69, 9.17) is 17.3 Å². The van der Waals surface area contributed by atoms with Crippen LogP contribution in [0.5, 0.6) is 0 Å². The van der Waals surface area contributed by atoms with Gasteiger partial charge < -0.3 is 10.6 Å². The van der Waals surface area contributed by atoms with Crippen molar-refractivity contribution < 1.29 is 4.79 Å². The fraction of sp³-hybridized carbons (Fsp3) is 0.462. The van der Waals surface area contributed by atoms with E-state index in [1.54, 1.807) is 30.1 Å². The van der Waals surface area contributed by atoms with Crippen LogP contribution in [0.2, 0.25) is 5.02 Å². The second-order valence-electron chi connectivity index (χ2n) is 5.43. The van der Waals surface area contributed by atoms with E-state index < -0.39 is 0 Å². The Bertz CT molecular complexity index is 404. The number of rotatable bonds is 2. The maximum absolute atomic E-state index is 12.2. The SMILES string of the molecule is CN(CC(C)(C)C)C(=O)c1c(N)cccc1Cl. The molecule has 0 spiro atoms. The summed E-state index contributed by atoms with van der Waals surface area (Å²) in [5.41, 5.74) is 6.64. The van der Waals surface area contributed by atoms with Crippen molar-refractivity contribution >= 4 is 23.2 Å². The largest absolute Gasteiger partial charge is 0.398 e. The van der Waals surface area contributed by atoms with Crippen LogP contribution in [0.1, 0.15) is 31.1 Å². The van der Waals surface area contributed by atoms with Crippen molar-refractivity contribution in [1.82, 2.24) is 4.90 Å². The molecule has 1 aromatic rings. The maximum Gasteiger partial charge on any atom is 0.257 e. The van der Waals surface area contributed by atoms with Crippen LogP contribution < -0.4 is 5.73 Å².